The molecule has 6 rings (SSSR count). The molecule has 0 aromatic carbocycles. The van der Waals surface area contributed by atoms with Crippen LogP contribution in [-0.2, 0) is 34.2 Å². The minimum absolute atomic E-state index is 0.255. The van der Waals surface area contributed by atoms with Crippen molar-refractivity contribution in [3.8, 4) is 0 Å². The zero-order valence-corrected chi connectivity index (χ0v) is 22.3. The Kier molecular flexibility index (Phi) is 7.78. The molecule has 0 aromatic rings. The molecule has 1 saturated heterocycles. The molecule has 4 bridgehead atoms. The molecule has 5 aliphatic carbocycles. The molecule has 0 radical (unpaired) electrons. The first-order valence-corrected chi connectivity index (χ1v) is 14.9. The van der Waals surface area contributed by atoms with Gasteiger partial charge >= 0.3 is 11.8 Å². The molecule has 0 aromatic heterocycles. The van der Waals surface area contributed by atoms with E-state index in [0.29, 0.717) is 30.6 Å². The van der Waals surface area contributed by atoms with E-state index in [1.807, 2.05) is 0 Å². The highest BCUT2D eigenvalue weighted by Crippen LogP contribution is 2.63. The third kappa shape index (κ3) is 6.57. The minimum Gasteiger partial charge on any atom is -0.348 e. The highest BCUT2D eigenvalue weighted by atomic mass is 32.2. The van der Waals surface area contributed by atoms with Crippen LogP contribution in [-0.4, -0.2) is 61.2 Å². The first-order chi connectivity index (χ1) is 16.7. The molecule has 6 aliphatic rings. The molecule has 206 valence electrons. The normalized spacial score (nSPS) is 39.1. The monoisotopic (exact) mass is 531 g/mol. The predicted octanol–water partition coefficient (Wildman–Crippen LogP) is 1.48. The topological polar surface area (TPSA) is 166 Å². The number of carbonyl (C=O) groups excluding carboxylic acids is 2. The highest BCUT2D eigenvalue weighted by molar-refractivity contribution is 7.85. The van der Waals surface area contributed by atoms with Crippen LogP contribution in [0.5, 0.6) is 0 Å². The summed E-state index contributed by atoms with van der Waals surface area (Å²) in [6.07, 6.45) is 10.2. The lowest BCUT2D eigenvalue weighted by Crippen LogP contribution is -2.59. The van der Waals surface area contributed by atoms with Crippen molar-refractivity contribution >= 4 is 21.9 Å². The van der Waals surface area contributed by atoms with E-state index in [-0.39, 0.29) is 6.54 Å². The maximum absolute atomic E-state index is 12.1. The Morgan fingerprint density at radius 3 is 1.97 bits per heavy atom. The van der Waals surface area contributed by atoms with Gasteiger partial charge in [0.05, 0.1) is 6.26 Å². The fourth-order valence-corrected chi connectivity index (χ4v) is 6.82. The summed E-state index contributed by atoms with van der Waals surface area (Å²) in [5.74, 6) is 0.543. The van der Waals surface area contributed by atoms with Crippen LogP contribution in [0.3, 0.4) is 0 Å². The number of nitrogens with two attached hydrogens (primary N) is 1. The van der Waals surface area contributed by atoms with Crippen LogP contribution in [0.4, 0.5) is 0 Å². The summed E-state index contributed by atoms with van der Waals surface area (Å²) in [6, 6.07) is 0. The quantitative estimate of drug-likeness (QED) is 0.239. The zero-order chi connectivity index (χ0) is 26.4. The van der Waals surface area contributed by atoms with E-state index in [0.717, 1.165) is 37.5 Å². The maximum Gasteiger partial charge on any atom is 0.309 e. The summed E-state index contributed by atoms with van der Waals surface area (Å²) in [7, 11) is -3.67. The van der Waals surface area contributed by atoms with Gasteiger partial charge in [0, 0.05) is 43.3 Å². The predicted molar refractivity (Wildman–Crippen MR) is 129 cm³/mol. The van der Waals surface area contributed by atoms with Crippen LogP contribution in [0, 0.1) is 29.6 Å². The van der Waals surface area contributed by atoms with Gasteiger partial charge in [0.1, 0.15) is 0 Å². The largest absolute Gasteiger partial charge is 0.348 e. The average molecular weight is 532 g/mol. The van der Waals surface area contributed by atoms with Gasteiger partial charge in [-0.05, 0) is 76.5 Å². The molecule has 12 heteroatoms. The van der Waals surface area contributed by atoms with Gasteiger partial charge in [-0.3, -0.25) is 14.1 Å². The lowest BCUT2D eigenvalue weighted by molar-refractivity contribution is -0.390. The van der Waals surface area contributed by atoms with Crippen LogP contribution in [0.15, 0.2) is 0 Å². The SMILES string of the molecule is CC(C)(N)CNC(=O)C(=O)NCC1CCC2(CC1)OOC1(O2)C2CC3CC(C2)CC1C3.CS(=O)(=O)O. The van der Waals surface area contributed by atoms with E-state index in [4.69, 9.17) is 24.8 Å². The van der Waals surface area contributed by atoms with Gasteiger partial charge in [-0.1, -0.05) is 0 Å². The molecule has 1 heterocycles. The van der Waals surface area contributed by atoms with Gasteiger partial charge in [-0.25, -0.2) is 0 Å². The van der Waals surface area contributed by atoms with Crippen molar-refractivity contribution in [1.29, 1.82) is 0 Å². The lowest BCUT2D eigenvalue weighted by atomic mass is 9.53. The Balaban J connectivity index is 0.000000556. The Hall–Kier alpha value is -1.31. The molecule has 2 amide bonds. The Morgan fingerprint density at radius 1 is 0.972 bits per heavy atom. The van der Waals surface area contributed by atoms with E-state index in [1.165, 1.54) is 32.1 Å². The maximum atomic E-state index is 12.1. The molecule has 0 unspecified atom stereocenters. The third-order valence-electron chi connectivity index (χ3n) is 8.27. The van der Waals surface area contributed by atoms with Crippen LogP contribution in [0.2, 0.25) is 0 Å². The summed E-state index contributed by atoms with van der Waals surface area (Å²) < 4.78 is 32.6. The van der Waals surface area contributed by atoms with Gasteiger partial charge in [-0.15, -0.1) is 0 Å². The molecule has 5 N–H and O–H groups in total. The number of hydrogen-bond acceptors (Lipinski definition) is 8. The standard InChI is InChI=1S/C23H37N3O5.CH4O3S/c1-21(2,24)13-26-20(28)19(27)25-12-14-3-5-22(6-4-14)29-23(31-30-22)17-8-15-7-16(10-17)11-18(23)9-15;1-5(2,3)4/h14-18H,3-13,24H2,1-2H3,(H,25,27)(H,26,28);1H3,(H,2,3,4). The number of ether oxygens (including phenoxy) is 1. The van der Waals surface area contributed by atoms with Crippen molar-refractivity contribution in [2.45, 2.75) is 88.7 Å². The van der Waals surface area contributed by atoms with Crippen LogP contribution in [0.25, 0.3) is 0 Å². The van der Waals surface area contributed by atoms with E-state index in [2.05, 4.69) is 10.6 Å². The van der Waals surface area contributed by atoms with Gasteiger partial charge in [0.25, 0.3) is 10.1 Å². The molecule has 11 nitrogen and oxygen atoms in total. The molecule has 5 saturated carbocycles. The van der Waals surface area contributed by atoms with E-state index in [1.54, 1.807) is 13.8 Å². The summed E-state index contributed by atoms with van der Waals surface area (Å²) in [5.41, 5.74) is 5.29. The second-order valence-electron chi connectivity index (χ2n) is 12.3. The summed E-state index contributed by atoms with van der Waals surface area (Å²) in [4.78, 5) is 36.0. The van der Waals surface area contributed by atoms with Gasteiger partial charge in [0.15, 0.2) is 0 Å². The molecular formula is C24H41N3O8S. The van der Waals surface area contributed by atoms with Crippen molar-refractivity contribution in [2.75, 3.05) is 19.3 Å². The Bertz CT molecular complexity index is 903. The first kappa shape index (κ1) is 27.7. The van der Waals surface area contributed by atoms with Crippen molar-refractivity contribution < 1.29 is 37.1 Å². The zero-order valence-electron chi connectivity index (χ0n) is 21.5. The Morgan fingerprint density at radius 2 is 1.47 bits per heavy atom. The third-order valence-corrected chi connectivity index (χ3v) is 8.27. The molecule has 2 spiro atoms. The second-order valence-corrected chi connectivity index (χ2v) is 13.7. The number of hydrogen-bond donors (Lipinski definition) is 4. The molecule has 36 heavy (non-hydrogen) atoms. The first-order valence-electron chi connectivity index (χ1n) is 13.0. The van der Waals surface area contributed by atoms with Gasteiger partial charge in [-0.2, -0.15) is 18.2 Å². The van der Waals surface area contributed by atoms with Crippen molar-refractivity contribution in [3.63, 3.8) is 0 Å². The number of carbonyl (C=O) groups is 2. The molecular weight excluding hydrogens is 490 g/mol. The number of amides is 2. The van der Waals surface area contributed by atoms with Crippen molar-refractivity contribution in [3.05, 3.63) is 0 Å². The van der Waals surface area contributed by atoms with E-state index in [9.17, 15) is 18.0 Å². The fraction of sp³-hybridized carbons (Fsp3) is 0.917. The fourth-order valence-electron chi connectivity index (χ4n) is 6.82. The minimum atomic E-state index is -3.67. The van der Waals surface area contributed by atoms with E-state index >= 15 is 0 Å². The molecule has 0 atom stereocenters. The van der Waals surface area contributed by atoms with Crippen molar-refractivity contribution in [2.24, 2.45) is 35.3 Å². The highest BCUT2D eigenvalue weighted by Gasteiger charge is 2.66. The second kappa shape index (κ2) is 10.1. The number of rotatable bonds is 4. The summed E-state index contributed by atoms with van der Waals surface area (Å²) in [5, 5.41) is 5.34. The summed E-state index contributed by atoms with van der Waals surface area (Å²) in [6.45, 7) is 4.33. The van der Waals surface area contributed by atoms with Crippen molar-refractivity contribution in [1.82, 2.24) is 10.6 Å². The van der Waals surface area contributed by atoms with Crippen LogP contribution in [0.1, 0.15) is 71.6 Å². The molecule has 1 aliphatic heterocycles. The smallest absolute Gasteiger partial charge is 0.309 e. The lowest BCUT2D eigenvalue weighted by Gasteiger charge is -2.57. The molecule has 6 fully saturated rings. The number of nitrogens with one attached hydrogen (secondary N) is 2. The summed E-state index contributed by atoms with van der Waals surface area (Å²) >= 11 is 0. The van der Waals surface area contributed by atoms with Crippen LogP contribution >= 0.6 is 0 Å². The van der Waals surface area contributed by atoms with Gasteiger partial charge < -0.3 is 21.1 Å². The van der Waals surface area contributed by atoms with E-state index < -0.39 is 39.0 Å². The average Bonchev–Trinajstić information content (AvgIpc) is 3.13. The van der Waals surface area contributed by atoms with Gasteiger partial charge in [0.2, 0.25) is 11.6 Å². The van der Waals surface area contributed by atoms with Crippen LogP contribution < -0.4 is 16.4 Å². The Labute approximate surface area is 213 Å².